The van der Waals surface area contributed by atoms with Gasteiger partial charge in [0.15, 0.2) is 5.69 Å². The molecule has 34 heavy (non-hydrogen) atoms. The van der Waals surface area contributed by atoms with E-state index in [4.69, 9.17) is 5.73 Å². The summed E-state index contributed by atoms with van der Waals surface area (Å²) in [5, 5.41) is 0. The van der Waals surface area contributed by atoms with Gasteiger partial charge in [-0.3, -0.25) is 24.0 Å². The number of anilines is 3. The van der Waals surface area contributed by atoms with Crippen molar-refractivity contribution >= 4 is 23.1 Å². The van der Waals surface area contributed by atoms with Crippen molar-refractivity contribution in [1.82, 2.24) is 14.5 Å². The van der Waals surface area contributed by atoms with Gasteiger partial charge in [0.1, 0.15) is 11.6 Å². The van der Waals surface area contributed by atoms with Crippen LogP contribution in [-0.2, 0) is 11.3 Å². The molecule has 0 radical (unpaired) electrons. The zero-order chi connectivity index (χ0) is 25.0. The molecule has 1 aliphatic heterocycles. The Labute approximate surface area is 199 Å². The van der Waals surface area contributed by atoms with E-state index in [-0.39, 0.29) is 41.6 Å². The van der Waals surface area contributed by atoms with Crippen LogP contribution in [0.3, 0.4) is 0 Å². The van der Waals surface area contributed by atoms with E-state index in [1.807, 2.05) is 37.5 Å². The van der Waals surface area contributed by atoms with Crippen LogP contribution in [0.25, 0.3) is 0 Å². The van der Waals surface area contributed by atoms with Crippen LogP contribution in [0, 0.1) is 17.7 Å². The number of H-pyrrole nitrogens is 1. The molecule has 2 heterocycles. The number of aromatic amines is 1. The molecular weight excluding hydrogens is 439 g/mol. The number of amides is 1. The van der Waals surface area contributed by atoms with E-state index >= 15 is 0 Å². The molecule has 1 amide bonds. The molecule has 0 aliphatic carbocycles. The molecule has 0 saturated carbocycles. The van der Waals surface area contributed by atoms with Gasteiger partial charge in [-0.1, -0.05) is 39.8 Å². The lowest BCUT2D eigenvalue weighted by molar-refractivity contribution is -0.120. The fourth-order valence-corrected chi connectivity index (χ4v) is 4.20. The Kier molecular flexibility index (Phi) is 8.14. The first kappa shape index (κ1) is 25.5. The van der Waals surface area contributed by atoms with E-state index in [1.54, 1.807) is 18.2 Å². The molecule has 0 bridgehead atoms. The number of carbonyl (C=O) groups excluding carboxylic acids is 1. The fourth-order valence-electron chi connectivity index (χ4n) is 4.20. The number of nitrogen functional groups attached to an aromatic ring is 1. The number of piperazine rings is 1. The third kappa shape index (κ3) is 5.85. The van der Waals surface area contributed by atoms with Crippen LogP contribution in [0.5, 0.6) is 0 Å². The van der Waals surface area contributed by atoms with Crippen LogP contribution in [0.15, 0.2) is 33.9 Å². The fraction of sp³-hybridized carbons (Fsp3) is 0.542. The van der Waals surface area contributed by atoms with Crippen LogP contribution < -0.4 is 26.8 Å². The normalized spacial score (nSPS) is 14.7. The highest BCUT2D eigenvalue weighted by Crippen LogP contribution is 2.22. The van der Waals surface area contributed by atoms with Crippen molar-refractivity contribution in [3.8, 4) is 0 Å². The van der Waals surface area contributed by atoms with Crippen LogP contribution in [0.2, 0.25) is 0 Å². The molecule has 186 valence electrons. The molecule has 0 atom stereocenters. The predicted molar refractivity (Wildman–Crippen MR) is 133 cm³/mol. The molecule has 1 aliphatic rings. The van der Waals surface area contributed by atoms with Crippen molar-refractivity contribution in [2.75, 3.05) is 54.8 Å². The molecule has 10 heteroatoms. The summed E-state index contributed by atoms with van der Waals surface area (Å²) in [6, 6.07) is 6.66. The number of benzene rings is 1. The molecule has 1 aromatic carbocycles. The maximum Gasteiger partial charge on any atom is 0.330 e. The number of halogens is 1. The van der Waals surface area contributed by atoms with Crippen molar-refractivity contribution in [1.29, 1.82) is 0 Å². The summed E-state index contributed by atoms with van der Waals surface area (Å²) in [6.45, 7) is 10.8. The minimum Gasteiger partial charge on any atom is -0.383 e. The number of nitrogens with zero attached hydrogens (tertiary/aromatic N) is 4. The molecule has 1 saturated heterocycles. The van der Waals surface area contributed by atoms with Gasteiger partial charge in [0.2, 0.25) is 5.91 Å². The monoisotopic (exact) mass is 474 g/mol. The second kappa shape index (κ2) is 10.9. The van der Waals surface area contributed by atoms with Crippen LogP contribution >= 0.6 is 0 Å². The van der Waals surface area contributed by atoms with E-state index in [0.717, 1.165) is 0 Å². The average Bonchev–Trinajstić information content (AvgIpc) is 2.76. The number of aromatic nitrogens is 2. The van der Waals surface area contributed by atoms with Gasteiger partial charge < -0.3 is 15.5 Å². The minimum absolute atomic E-state index is 0.000761. The summed E-state index contributed by atoms with van der Waals surface area (Å²) in [5.74, 6) is -0.327. The van der Waals surface area contributed by atoms with Crippen molar-refractivity contribution in [2.24, 2.45) is 11.8 Å². The van der Waals surface area contributed by atoms with Gasteiger partial charge in [-0.2, -0.15) is 0 Å². The highest BCUT2D eigenvalue weighted by atomic mass is 19.1. The first-order chi connectivity index (χ1) is 16.1. The van der Waals surface area contributed by atoms with Crippen molar-refractivity contribution < 1.29 is 9.18 Å². The Hall–Kier alpha value is -3.14. The van der Waals surface area contributed by atoms with Gasteiger partial charge in [-0.05, 0) is 24.0 Å². The largest absolute Gasteiger partial charge is 0.383 e. The van der Waals surface area contributed by atoms with E-state index < -0.39 is 11.2 Å². The Morgan fingerprint density at radius 2 is 1.74 bits per heavy atom. The number of nitrogens with one attached hydrogen (secondary N) is 1. The number of rotatable bonds is 8. The third-order valence-electron chi connectivity index (χ3n) is 5.80. The van der Waals surface area contributed by atoms with Gasteiger partial charge in [-0.25, -0.2) is 9.18 Å². The first-order valence-electron chi connectivity index (χ1n) is 11.7. The van der Waals surface area contributed by atoms with Crippen LogP contribution in [0.4, 0.5) is 21.6 Å². The smallest absolute Gasteiger partial charge is 0.330 e. The molecule has 0 spiro atoms. The molecular formula is C24H35FN6O3. The highest BCUT2D eigenvalue weighted by molar-refractivity contribution is 5.96. The quantitative estimate of drug-likeness (QED) is 0.603. The van der Waals surface area contributed by atoms with E-state index in [1.165, 1.54) is 15.5 Å². The van der Waals surface area contributed by atoms with Crippen molar-refractivity contribution in [2.45, 2.75) is 34.2 Å². The summed E-state index contributed by atoms with van der Waals surface area (Å²) in [5.41, 5.74) is 5.60. The number of para-hydroxylation sites is 1. The van der Waals surface area contributed by atoms with Gasteiger partial charge in [0, 0.05) is 39.3 Å². The SMILES string of the molecule is CC(C)CN(C(=O)CN1CCN(c2ccccc2F)CC1)c1c(N)n(CC(C)C)c(=O)[nH]c1=O. The molecule has 3 rings (SSSR count). The Morgan fingerprint density at radius 1 is 1.09 bits per heavy atom. The number of hydrogen-bond donors (Lipinski definition) is 2. The third-order valence-corrected chi connectivity index (χ3v) is 5.80. The van der Waals surface area contributed by atoms with Gasteiger partial charge in [0.05, 0.1) is 12.2 Å². The first-order valence-corrected chi connectivity index (χ1v) is 11.7. The Bertz CT molecular complexity index is 1120. The lowest BCUT2D eigenvalue weighted by Gasteiger charge is -2.37. The summed E-state index contributed by atoms with van der Waals surface area (Å²) in [6.07, 6.45) is 0. The van der Waals surface area contributed by atoms with E-state index in [2.05, 4.69) is 4.98 Å². The van der Waals surface area contributed by atoms with Crippen molar-refractivity contribution in [3.63, 3.8) is 0 Å². The lowest BCUT2D eigenvalue weighted by Crippen LogP contribution is -2.52. The number of carbonyl (C=O) groups is 1. The summed E-state index contributed by atoms with van der Waals surface area (Å²) in [4.78, 5) is 46.1. The zero-order valence-electron chi connectivity index (χ0n) is 20.4. The molecule has 2 aromatic rings. The van der Waals surface area contributed by atoms with E-state index in [0.29, 0.717) is 45.0 Å². The maximum atomic E-state index is 14.1. The van der Waals surface area contributed by atoms with Crippen LogP contribution in [-0.4, -0.2) is 59.6 Å². The lowest BCUT2D eigenvalue weighted by atomic mass is 10.2. The number of hydrogen-bond acceptors (Lipinski definition) is 6. The summed E-state index contributed by atoms with van der Waals surface area (Å²) in [7, 11) is 0. The molecule has 9 nitrogen and oxygen atoms in total. The molecule has 1 aromatic heterocycles. The second-order valence-corrected chi connectivity index (χ2v) is 9.61. The van der Waals surface area contributed by atoms with Gasteiger partial charge in [-0.15, -0.1) is 0 Å². The minimum atomic E-state index is -0.666. The topological polar surface area (TPSA) is 108 Å². The second-order valence-electron chi connectivity index (χ2n) is 9.61. The molecule has 0 unspecified atom stereocenters. The predicted octanol–water partition coefficient (Wildman–Crippen LogP) is 1.73. The molecule has 3 N–H and O–H groups in total. The average molecular weight is 475 g/mol. The van der Waals surface area contributed by atoms with E-state index in [9.17, 15) is 18.8 Å². The molecule has 1 fully saturated rings. The summed E-state index contributed by atoms with van der Waals surface area (Å²) >= 11 is 0. The maximum absolute atomic E-state index is 14.1. The Morgan fingerprint density at radius 3 is 2.32 bits per heavy atom. The summed E-state index contributed by atoms with van der Waals surface area (Å²) < 4.78 is 15.4. The zero-order valence-corrected chi connectivity index (χ0v) is 20.4. The highest BCUT2D eigenvalue weighted by Gasteiger charge is 2.28. The van der Waals surface area contributed by atoms with Gasteiger partial charge >= 0.3 is 5.69 Å². The Balaban J connectivity index is 1.79. The van der Waals surface area contributed by atoms with Crippen molar-refractivity contribution in [3.05, 3.63) is 50.9 Å². The standard InChI is InChI=1S/C24H35FN6O3/c1-16(2)13-30(21-22(26)31(14-17(3)4)24(34)27-23(21)33)20(32)15-28-9-11-29(12-10-28)19-8-6-5-7-18(19)25/h5-8,16-17H,9-15,26H2,1-4H3,(H,27,33,34). The van der Waals surface area contributed by atoms with Gasteiger partial charge in [0.25, 0.3) is 5.56 Å². The van der Waals surface area contributed by atoms with Crippen LogP contribution in [0.1, 0.15) is 27.7 Å². The number of nitrogens with two attached hydrogens (primary N) is 1.